The van der Waals surface area contributed by atoms with E-state index in [1.807, 2.05) is 19.1 Å². The molecule has 8 heteroatoms. The van der Waals surface area contributed by atoms with Gasteiger partial charge >= 0.3 is 7.82 Å². The lowest BCUT2D eigenvalue weighted by Crippen LogP contribution is -2.58. The molecule has 1 saturated heterocycles. The zero-order valence-electron chi connectivity index (χ0n) is 19.9. The molecule has 0 bridgehead atoms. The highest BCUT2D eigenvalue weighted by molar-refractivity contribution is 14.1. The lowest BCUT2D eigenvalue weighted by Gasteiger charge is -2.46. The van der Waals surface area contributed by atoms with Gasteiger partial charge in [0, 0.05) is 15.8 Å². The number of rotatable bonds is 9. The molecule has 3 rings (SSSR count). The Balaban J connectivity index is 2.05. The third-order valence-electron chi connectivity index (χ3n) is 6.45. The highest BCUT2D eigenvalue weighted by Crippen LogP contribution is 2.49. The van der Waals surface area contributed by atoms with Crippen LogP contribution in [0.3, 0.4) is 0 Å². The van der Waals surface area contributed by atoms with E-state index in [4.69, 9.17) is 9.36 Å². The van der Waals surface area contributed by atoms with Crippen LogP contribution in [-0.2, 0) is 9.19 Å². The van der Waals surface area contributed by atoms with Crippen LogP contribution >= 0.6 is 30.4 Å². The fourth-order valence-corrected chi connectivity index (χ4v) is 6.65. The van der Waals surface area contributed by atoms with Crippen LogP contribution in [0, 0.1) is 0 Å². The van der Waals surface area contributed by atoms with E-state index in [1.54, 1.807) is 0 Å². The molecule has 0 aromatic heterocycles. The summed E-state index contributed by atoms with van der Waals surface area (Å²) < 4.78 is 23.5. The van der Waals surface area contributed by atoms with Crippen molar-refractivity contribution in [2.75, 3.05) is 26.2 Å². The molecule has 1 heterocycles. The van der Waals surface area contributed by atoms with E-state index in [0.717, 1.165) is 17.7 Å². The molecule has 4 unspecified atom stereocenters. The van der Waals surface area contributed by atoms with Crippen LogP contribution in [0.5, 0.6) is 5.75 Å². The van der Waals surface area contributed by atoms with Crippen LogP contribution in [0.1, 0.15) is 68.6 Å². The number of phosphoric acid groups is 1. The van der Waals surface area contributed by atoms with Gasteiger partial charge in [0.25, 0.3) is 0 Å². The number of quaternary nitrogens is 1. The minimum absolute atomic E-state index is 0.0451. The fourth-order valence-electron chi connectivity index (χ4n) is 4.66. The molecule has 2 N–H and O–H groups in total. The van der Waals surface area contributed by atoms with Gasteiger partial charge in [0.05, 0.1) is 6.61 Å². The quantitative estimate of drug-likeness (QED) is 0.159. The number of alkyl halides is 1. The maximum Gasteiger partial charge on any atom is 0.515 e. The van der Waals surface area contributed by atoms with Crippen molar-refractivity contribution in [1.29, 1.82) is 0 Å². The van der Waals surface area contributed by atoms with Crippen molar-refractivity contribution < 1.29 is 28.4 Å². The number of hydroxylamine groups is 3. The van der Waals surface area contributed by atoms with Gasteiger partial charge in [-0.25, -0.2) is 4.57 Å². The molecule has 0 radical (unpaired) electrons. The molecule has 4 atom stereocenters. The SMILES string of the molecule is CCCOc1cccc(C2C[N+](CC)(OP(=O)(O)O)CC(c3cccc(C(C)C)c3)C2I)c1. The van der Waals surface area contributed by atoms with Gasteiger partial charge in [0.2, 0.25) is 0 Å². The molecule has 2 aromatic rings. The van der Waals surface area contributed by atoms with Crippen LogP contribution in [0.25, 0.3) is 0 Å². The molecule has 0 amide bonds. The van der Waals surface area contributed by atoms with Crippen LogP contribution in [0.4, 0.5) is 0 Å². The molecule has 182 valence electrons. The van der Waals surface area contributed by atoms with Gasteiger partial charge in [-0.3, -0.25) is 9.79 Å². The fraction of sp³-hybridized carbons (Fsp3) is 0.520. The summed E-state index contributed by atoms with van der Waals surface area (Å²) in [6.45, 7) is 10.5. The Labute approximate surface area is 211 Å². The van der Waals surface area contributed by atoms with Gasteiger partial charge in [0.15, 0.2) is 0 Å². The summed E-state index contributed by atoms with van der Waals surface area (Å²) in [5.41, 5.74) is 3.56. The zero-order chi connectivity index (χ0) is 24.2. The summed E-state index contributed by atoms with van der Waals surface area (Å²) >= 11 is 2.53. The summed E-state index contributed by atoms with van der Waals surface area (Å²) in [6, 6.07) is 16.7. The Hall–Kier alpha value is -0.960. The second kappa shape index (κ2) is 11.2. The van der Waals surface area contributed by atoms with E-state index in [2.05, 4.69) is 79.8 Å². The Kier molecular flexibility index (Phi) is 9.03. The van der Waals surface area contributed by atoms with Crippen molar-refractivity contribution in [2.24, 2.45) is 0 Å². The average Bonchev–Trinajstić information content (AvgIpc) is 2.78. The van der Waals surface area contributed by atoms with Gasteiger partial charge in [-0.05, 0) is 48.1 Å². The van der Waals surface area contributed by atoms with Gasteiger partial charge < -0.3 is 4.74 Å². The Morgan fingerprint density at radius 3 is 2.21 bits per heavy atom. The summed E-state index contributed by atoms with van der Waals surface area (Å²) in [5.74, 6) is 1.35. The molecule has 1 aliphatic heterocycles. The zero-order valence-corrected chi connectivity index (χ0v) is 22.9. The number of likely N-dealkylation sites (tertiary alicyclic amines) is 1. The van der Waals surface area contributed by atoms with Crippen molar-refractivity contribution in [3.05, 3.63) is 65.2 Å². The van der Waals surface area contributed by atoms with Crippen LogP contribution < -0.4 is 4.74 Å². The first kappa shape index (κ1) is 26.6. The van der Waals surface area contributed by atoms with Gasteiger partial charge in [-0.1, -0.05) is 84.4 Å². The Morgan fingerprint density at radius 1 is 1.06 bits per heavy atom. The summed E-state index contributed by atoms with van der Waals surface area (Å²) in [7, 11) is -4.68. The smallest absolute Gasteiger partial charge is 0.494 e. The van der Waals surface area contributed by atoms with Gasteiger partial charge in [0.1, 0.15) is 25.4 Å². The van der Waals surface area contributed by atoms with E-state index < -0.39 is 7.82 Å². The number of hydrogen-bond acceptors (Lipinski definition) is 3. The van der Waals surface area contributed by atoms with E-state index in [1.165, 1.54) is 11.1 Å². The number of likely N-dealkylation sites (N-methyl/N-ethyl adjacent to an activating group) is 1. The van der Waals surface area contributed by atoms with Crippen molar-refractivity contribution in [3.63, 3.8) is 0 Å². The molecular formula is C25H36INO5P+. The molecule has 1 fully saturated rings. The molecule has 1 aliphatic rings. The number of halogens is 1. The lowest BCUT2D eigenvalue weighted by atomic mass is 9.80. The Morgan fingerprint density at radius 2 is 1.67 bits per heavy atom. The van der Waals surface area contributed by atoms with Crippen molar-refractivity contribution in [2.45, 2.75) is 55.8 Å². The molecule has 33 heavy (non-hydrogen) atoms. The molecule has 2 aromatic carbocycles. The van der Waals surface area contributed by atoms with Gasteiger partial charge in [-0.2, -0.15) is 4.65 Å². The van der Waals surface area contributed by atoms with E-state index in [9.17, 15) is 14.4 Å². The number of hydrogen-bond donors (Lipinski definition) is 2. The van der Waals surface area contributed by atoms with Crippen molar-refractivity contribution in [3.8, 4) is 5.75 Å². The minimum atomic E-state index is -4.68. The highest BCUT2D eigenvalue weighted by atomic mass is 127. The summed E-state index contributed by atoms with van der Waals surface area (Å²) in [4.78, 5) is 19.5. The number of ether oxygens (including phenoxy) is 1. The molecule has 0 aliphatic carbocycles. The van der Waals surface area contributed by atoms with Crippen LogP contribution in [-0.4, -0.2) is 44.6 Å². The number of nitrogens with zero attached hydrogens (tertiary/aromatic N) is 1. The first-order valence-electron chi connectivity index (χ1n) is 11.7. The van der Waals surface area contributed by atoms with Crippen LogP contribution in [0.2, 0.25) is 0 Å². The molecule has 6 nitrogen and oxygen atoms in total. The normalized spacial score (nSPS) is 25.9. The third kappa shape index (κ3) is 6.80. The second-order valence-corrected chi connectivity index (χ2v) is 11.8. The monoisotopic (exact) mass is 588 g/mol. The average molecular weight is 588 g/mol. The topological polar surface area (TPSA) is 76.0 Å². The lowest BCUT2D eigenvalue weighted by molar-refractivity contribution is -1.09. The highest BCUT2D eigenvalue weighted by Gasteiger charge is 2.50. The Bertz CT molecular complexity index is 981. The van der Waals surface area contributed by atoms with Crippen LogP contribution in [0.15, 0.2) is 48.5 Å². The first-order valence-corrected chi connectivity index (χ1v) is 14.4. The summed E-state index contributed by atoms with van der Waals surface area (Å²) in [6.07, 6.45) is 0.933. The largest absolute Gasteiger partial charge is 0.515 e. The maximum absolute atomic E-state index is 12.0. The van der Waals surface area contributed by atoms with E-state index >= 15 is 0 Å². The third-order valence-corrected chi connectivity index (χ3v) is 8.74. The van der Waals surface area contributed by atoms with Crippen molar-refractivity contribution in [1.82, 2.24) is 0 Å². The number of piperidine rings is 1. The van der Waals surface area contributed by atoms with Gasteiger partial charge in [-0.15, -0.1) is 0 Å². The molecule has 0 spiro atoms. The standard InChI is InChI=1S/C25H35INO5P/c1-5-13-31-22-12-8-11-21(15-22)24-17-27(6-2,32-33(28,29)30)16-23(25(24)26)20-10-7-9-19(14-20)18(3)4/h7-12,14-15,18,23-25H,5-6,13,16-17H2,1-4H3,(H-,28,29,30)/p+1. The molecule has 0 saturated carbocycles. The second-order valence-electron chi connectivity index (χ2n) is 9.21. The first-order chi connectivity index (χ1) is 15.6. The number of benzene rings is 2. The predicted molar refractivity (Wildman–Crippen MR) is 140 cm³/mol. The van der Waals surface area contributed by atoms with E-state index in [0.29, 0.717) is 32.2 Å². The van der Waals surface area contributed by atoms with E-state index in [-0.39, 0.29) is 20.4 Å². The summed E-state index contributed by atoms with van der Waals surface area (Å²) in [5, 5.41) is 0. The van der Waals surface area contributed by atoms with Crippen molar-refractivity contribution >= 4 is 30.4 Å². The molecular weight excluding hydrogens is 552 g/mol. The predicted octanol–water partition coefficient (Wildman–Crippen LogP) is 6.14. The minimum Gasteiger partial charge on any atom is -0.494 e. The maximum atomic E-state index is 12.0.